The summed E-state index contributed by atoms with van der Waals surface area (Å²) in [6.45, 7) is 8.86. The number of carbonyl (C=O) groups excluding carboxylic acids is 1. The molecule has 2 rings (SSSR count). The van der Waals surface area contributed by atoms with Crippen LogP contribution in [0, 0.1) is 17.8 Å². The molecule has 1 N–H and O–H groups in total. The number of rotatable bonds is 6. The molecule has 1 aromatic rings. The van der Waals surface area contributed by atoms with E-state index in [4.69, 9.17) is 0 Å². The van der Waals surface area contributed by atoms with Crippen molar-refractivity contribution < 1.29 is 4.79 Å². The molecule has 1 aromatic carbocycles. The summed E-state index contributed by atoms with van der Waals surface area (Å²) in [6.07, 6.45) is 4.22. The molecule has 0 amide bonds. The van der Waals surface area contributed by atoms with Crippen LogP contribution in [0.1, 0.15) is 56.0 Å². The number of Topliss-reactive ketones (excluding diaryl/α,β-unsaturated/α-hetero) is 1. The summed E-state index contributed by atoms with van der Waals surface area (Å²) in [5.41, 5.74) is 2.17. The van der Waals surface area contributed by atoms with E-state index in [0.29, 0.717) is 30.0 Å². The standard InChI is InChI=1S/C19H29NO/c1-14(2)10-16-6-4-7-17(12-16)19(21)11-15(3)18-8-5-9-20-13-18/h4,6-7,12,14-15,18,20H,5,8-11,13H2,1-3H3. The molecular weight excluding hydrogens is 258 g/mol. The van der Waals surface area contributed by atoms with Crippen LogP contribution in [0.5, 0.6) is 0 Å². The van der Waals surface area contributed by atoms with Crippen LogP contribution in [0.25, 0.3) is 0 Å². The van der Waals surface area contributed by atoms with Gasteiger partial charge in [0.2, 0.25) is 0 Å². The Morgan fingerprint density at radius 1 is 1.33 bits per heavy atom. The highest BCUT2D eigenvalue weighted by Crippen LogP contribution is 2.24. The summed E-state index contributed by atoms with van der Waals surface area (Å²) in [7, 11) is 0. The summed E-state index contributed by atoms with van der Waals surface area (Å²) >= 11 is 0. The molecule has 0 radical (unpaired) electrons. The molecule has 1 aliphatic rings. The Bertz CT molecular complexity index is 460. The Morgan fingerprint density at radius 2 is 2.14 bits per heavy atom. The van der Waals surface area contributed by atoms with Crippen LogP contribution < -0.4 is 5.32 Å². The van der Waals surface area contributed by atoms with Gasteiger partial charge in [-0.25, -0.2) is 0 Å². The minimum atomic E-state index is 0.304. The zero-order valence-electron chi connectivity index (χ0n) is 13.7. The number of carbonyl (C=O) groups is 1. The van der Waals surface area contributed by atoms with Crippen LogP contribution in [0.4, 0.5) is 0 Å². The molecule has 0 aromatic heterocycles. The smallest absolute Gasteiger partial charge is 0.163 e. The van der Waals surface area contributed by atoms with Crippen LogP contribution >= 0.6 is 0 Å². The molecular formula is C19H29NO. The predicted octanol–water partition coefficient (Wildman–Crippen LogP) is 4.09. The van der Waals surface area contributed by atoms with E-state index < -0.39 is 0 Å². The van der Waals surface area contributed by atoms with Gasteiger partial charge >= 0.3 is 0 Å². The van der Waals surface area contributed by atoms with E-state index in [2.05, 4.69) is 38.2 Å². The second kappa shape index (κ2) is 7.74. The average Bonchev–Trinajstić information content (AvgIpc) is 2.47. The van der Waals surface area contributed by atoms with Crippen molar-refractivity contribution in [2.45, 2.75) is 46.5 Å². The molecule has 2 atom stereocenters. The third kappa shape index (κ3) is 4.96. The van der Waals surface area contributed by atoms with Gasteiger partial charge in [0.1, 0.15) is 0 Å². The first kappa shape index (κ1) is 16.2. The Kier molecular flexibility index (Phi) is 5.98. The lowest BCUT2D eigenvalue weighted by molar-refractivity contribution is 0.0943. The third-order valence-corrected chi connectivity index (χ3v) is 4.54. The lowest BCUT2D eigenvalue weighted by Gasteiger charge is -2.28. The zero-order chi connectivity index (χ0) is 15.2. The second-order valence-electron chi connectivity index (χ2n) is 7.01. The largest absolute Gasteiger partial charge is 0.316 e. The molecule has 2 unspecified atom stereocenters. The molecule has 2 heteroatoms. The van der Waals surface area contributed by atoms with Gasteiger partial charge in [0.25, 0.3) is 0 Å². The molecule has 1 aliphatic heterocycles. The van der Waals surface area contributed by atoms with Crippen LogP contribution in [0.2, 0.25) is 0 Å². The van der Waals surface area contributed by atoms with Crippen molar-refractivity contribution in [3.8, 4) is 0 Å². The van der Waals surface area contributed by atoms with Crippen LogP contribution in [-0.4, -0.2) is 18.9 Å². The summed E-state index contributed by atoms with van der Waals surface area (Å²) in [6, 6.07) is 8.22. The summed E-state index contributed by atoms with van der Waals surface area (Å²) in [4.78, 5) is 12.5. The monoisotopic (exact) mass is 287 g/mol. The average molecular weight is 287 g/mol. The van der Waals surface area contributed by atoms with E-state index in [-0.39, 0.29) is 0 Å². The number of piperidine rings is 1. The van der Waals surface area contributed by atoms with Crippen molar-refractivity contribution in [2.75, 3.05) is 13.1 Å². The van der Waals surface area contributed by atoms with Crippen LogP contribution in [0.3, 0.4) is 0 Å². The van der Waals surface area contributed by atoms with Crippen LogP contribution in [0.15, 0.2) is 24.3 Å². The number of hydrogen-bond donors (Lipinski definition) is 1. The van der Waals surface area contributed by atoms with E-state index in [1.165, 1.54) is 18.4 Å². The van der Waals surface area contributed by atoms with Gasteiger partial charge in [0.05, 0.1) is 0 Å². The van der Waals surface area contributed by atoms with Gasteiger partial charge in [-0.2, -0.15) is 0 Å². The van der Waals surface area contributed by atoms with Crippen LogP contribution in [-0.2, 0) is 6.42 Å². The van der Waals surface area contributed by atoms with Crippen molar-refractivity contribution >= 4 is 5.78 Å². The van der Waals surface area contributed by atoms with E-state index in [0.717, 1.165) is 25.1 Å². The molecule has 116 valence electrons. The quantitative estimate of drug-likeness (QED) is 0.798. The molecule has 21 heavy (non-hydrogen) atoms. The van der Waals surface area contributed by atoms with Gasteiger partial charge in [-0.3, -0.25) is 4.79 Å². The van der Waals surface area contributed by atoms with Gasteiger partial charge in [0.15, 0.2) is 5.78 Å². The fourth-order valence-corrected chi connectivity index (χ4v) is 3.28. The maximum absolute atomic E-state index is 12.5. The Morgan fingerprint density at radius 3 is 2.81 bits per heavy atom. The predicted molar refractivity (Wildman–Crippen MR) is 88.7 cm³/mol. The second-order valence-corrected chi connectivity index (χ2v) is 7.01. The van der Waals surface area contributed by atoms with Crippen molar-refractivity contribution in [3.05, 3.63) is 35.4 Å². The van der Waals surface area contributed by atoms with E-state index in [1.54, 1.807) is 0 Å². The van der Waals surface area contributed by atoms with Gasteiger partial charge in [-0.05, 0) is 61.7 Å². The SMILES string of the molecule is CC(C)Cc1cccc(C(=O)CC(C)C2CCCNC2)c1. The maximum Gasteiger partial charge on any atom is 0.163 e. The normalized spacial score (nSPS) is 20.5. The Balaban J connectivity index is 1.95. The summed E-state index contributed by atoms with van der Waals surface area (Å²) in [5.74, 6) is 2.06. The van der Waals surface area contributed by atoms with Gasteiger partial charge in [0, 0.05) is 12.0 Å². The fraction of sp³-hybridized carbons (Fsp3) is 0.632. The van der Waals surface area contributed by atoms with Gasteiger partial charge in [-0.1, -0.05) is 39.0 Å². The lowest BCUT2D eigenvalue weighted by atomic mass is 9.83. The highest BCUT2D eigenvalue weighted by atomic mass is 16.1. The highest BCUT2D eigenvalue weighted by Gasteiger charge is 2.22. The van der Waals surface area contributed by atoms with E-state index >= 15 is 0 Å². The van der Waals surface area contributed by atoms with E-state index in [1.807, 2.05) is 12.1 Å². The number of nitrogens with one attached hydrogen (secondary N) is 1. The zero-order valence-corrected chi connectivity index (χ0v) is 13.7. The molecule has 0 bridgehead atoms. The van der Waals surface area contributed by atoms with Gasteiger partial charge in [-0.15, -0.1) is 0 Å². The number of hydrogen-bond acceptors (Lipinski definition) is 2. The van der Waals surface area contributed by atoms with E-state index in [9.17, 15) is 4.79 Å². The highest BCUT2D eigenvalue weighted by molar-refractivity contribution is 5.96. The van der Waals surface area contributed by atoms with Crippen molar-refractivity contribution in [1.82, 2.24) is 5.32 Å². The first-order valence-electron chi connectivity index (χ1n) is 8.39. The third-order valence-electron chi connectivity index (χ3n) is 4.54. The molecule has 1 fully saturated rings. The minimum Gasteiger partial charge on any atom is -0.316 e. The lowest BCUT2D eigenvalue weighted by Crippen LogP contribution is -2.34. The first-order valence-corrected chi connectivity index (χ1v) is 8.39. The summed E-state index contributed by atoms with van der Waals surface area (Å²) < 4.78 is 0. The first-order chi connectivity index (χ1) is 10.1. The Labute approximate surface area is 129 Å². The number of ketones is 1. The molecule has 1 heterocycles. The topological polar surface area (TPSA) is 29.1 Å². The molecule has 0 aliphatic carbocycles. The molecule has 0 spiro atoms. The number of benzene rings is 1. The minimum absolute atomic E-state index is 0.304. The van der Waals surface area contributed by atoms with Crippen molar-refractivity contribution in [3.63, 3.8) is 0 Å². The molecule has 0 saturated carbocycles. The van der Waals surface area contributed by atoms with Crippen molar-refractivity contribution in [2.24, 2.45) is 17.8 Å². The van der Waals surface area contributed by atoms with Crippen molar-refractivity contribution in [1.29, 1.82) is 0 Å². The molecule has 2 nitrogen and oxygen atoms in total. The Hall–Kier alpha value is -1.15. The summed E-state index contributed by atoms with van der Waals surface area (Å²) in [5, 5.41) is 3.45. The van der Waals surface area contributed by atoms with Gasteiger partial charge < -0.3 is 5.32 Å². The fourth-order valence-electron chi connectivity index (χ4n) is 3.28. The maximum atomic E-state index is 12.5. The molecule has 1 saturated heterocycles.